The lowest BCUT2D eigenvalue weighted by molar-refractivity contribution is -0.121. The molecule has 0 aliphatic heterocycles. The van der Waals surface area contributed by atoms with Crippen LogP contribution in [0.5, 0.6) is 0 Å². The first kappa shape index (κ1) is 22.1. The van der Waals surface area contributed by atoms with Gasteiger partial charge in [-0.3, -0.25) is 13.9 Å². The van der Waals surface area contributed by atoms with Crippen LogP contribution < -0.4 is 15.0 Å². The smallest absolute Gasteiger partial charge is 0.263 e. The molecule has 0 heterocycles. The Hall–Kier alpha value is -3.20. The van der Waals surface area contributed by atoms with Gasteiger partial charge in [-0.1, -0.05) is 30.3 Å². The third kappa shape index (κ3) is 6.15. The number of amides is 2. The van der Waals surface area contributed by atoms with Gasteiger partial charge in [0.05, 0.1) is 17.7 Å². The number of hydrogen-bond acceptors (Lipinski definition) is 5. The lowest BCUT2D eigenvalue weighted by Gasteiger charge is -2.27. The van der Waals surface area contributed by atoms with Gasteiger partial charge in [0.15, 0.2) is 0 Å². The second-order valence-corrected chi connectivity index (χ2v) is 8.37. The number of anilines is 2. The lowest BCUT2D eigenvalue weighted by Crippen LogP contribution is -2.46. The van der Waals surface area contributed by atoms with Crippen LogP contribution in [0.2, 0.25) is 0 Å². The van der Waals surface area contributed by atoms with Crippen molar-refractivity contribution in [2.75, 3.05) is 15.9 Å². The van der Waals surface area contributed by atoms with E-state index >= 15 is 0 Å². The molecule has 154 valence electrons. The minimum absolute atomic E-state index is 0.194. The van der Waals surface area contributed by atoms with Crippen molar-refractivity contribution in [1.29, 1.82) is 0 Å². The second kappa shape index (κ2) is 9.33. The largest absolute Gasteiger partial charge is 0.326 e. The monoisotopic (exact) mass is 416 g/mol. The van der Waals surface area contributed by atoms with E-state index in [1.807, 2.05) is 0 Å². The minimum Gasteiger partial charge on any atom is -0.326 e. The van der Waals surface area contributed by atoms with E-state index in [2.05, 4.69) is 15.8 Å². The van der Waals surface area contributed by atoms with E-state index in [9.17, 15) is 18.0 Å². The summed E-state index contributed by atoms with van der Waals surface area (Å²) >= 11 is 0. The number of carbonyl (C=O) groups excluding carboxylic acids is 2. The SMILES string of the molecule is CC(=O)Nc1cccc(/C(C)=N\NC(=O)[C@@H](C)N(c2ccccc2)S(C)(=O)=O)c1. The van der Waals surface area contributed by atoms with Crippen LogP contribution in [0.4, 0.5) is 11.4 Å². The highest BCUT2D eigenvalue weighted by atomic mass is 32.2. The second-order valence-electron chi connectivity index (χ2n) is 6.51. The molecule has 2 aromatic carbocycles. The quantitative estimate of drug-likeness (QED) is 0.533. The van der Waals surface area contributed by atoms with Crippen molar-refractivity contribution in [2.24, 2.45) is 5.10 Å². The van der Waals surface area contributed by atoms with Crippen molar-refractivity contribution in [3.05, 3.63) is 60.2 Å². The molecule has 0 aromatic heterocycles. The van der Waals surface area contributed by atoms with Crippen LogP contribution in [0.3, 0.4) is 0 Å². The summed E-state index contributed by atoms with van der Waals surface area (Å²) in [6, 6.07) is 14.4. The Kier molecular flexibility index (Phi) is 7.11. The van der Waals surface area contributed by atoms with Crippen LogP contribution in [-0.2, 0) is 19.6 Å². The number of hydrazone groups is 1. The van der Waals surface area contributed by atoms with Crippen LogP contribution in [0, 0.1) is 0 Å². The van der Waals surface area contributed by atoms with Gasteiger partial charge in [-0.15, -0.1) is 0 Å². The molecule has 9 heteroatoms. The molecular weight excluding hydrogens is 392 g/mol. The molecule has 0 saturated carbocycles. The fourth-order valence-corrected chi connectivity index (χ4v) is 3.88. The normalized spacial score (nSPS) is 12.8. The third-order valence-corrected chi connectivity index (χ3v) is 5.28. The zero-order valence-corrected chi connectivity index (χ0v) is 17.5. The van der Waals surface area contributed by atoms with E-state index < -0.39 is 22.0 Å². The minimum atomic E-state index is -3.69. The molecule has 0 aliphatic rings. The van der Waals surface area contributed by atoms with Crippen molar-refractivity contribution in [1.82, 2.24) is 5.43 Å². The fraction of sp³-hybridized carbons (Fsp3) is 0.250. The van der Waals surface area contributed by atoms with Gasteiger partial charge in [0.1, 0.15) is 6.04 Å². The molecule has 2 N–H and O–H groups in total. The maximum Gasteiger partial charge on any atom is 0.263 e. The maximum absolute atomic E-state index is 12.6. The Labute approximate surface area is 170 Å². The summed E-state index contributed by atoms with van der Waals surface area (Å²) in [5.74, 6) is -0.766. The Bertz CT molecular complexity index is 1020. The summed E-state index contributed by atoms with van der Waals surface area (Å²) in [6.07, 6.45) is 1.05. The molecule has 0 unspecified atom stereocenters. The zero-order valence-electron chi connectivity index (χ0n) is 16.7. The molecule has 8 nitrogen and oxygen atoms in total. The maximum atomic E-state index is 12.6. The van der Waals surface area contributed by atoms with Crippen molar-refractivity contribution in [3.63, 3.8) is 0 Å². The van der Waals surface area contributed by atoms with Gasteiger partial charge < -0.3 is 5.32 Å². The van der Waals surface area contributed by atoms with Gasteiger partial charge in [0, 0.05) is 12.6 Å². The molecule has 0 saturated heterocycles. The Morgan fingerprint density at radius 2 is 1.69 bits per heavy atom. The number of para-hydroxylation sites is 1. The van der Waals surface area contributed by atoms with Gasteiger partial charge >= 0.3 is 0 Å². The zero-order chi connectivity index (χ0) is 21.6. The van der Waals surface area contributed by atoms with Crippen molar-refractivity contribution < 1.29 is 18.0 Å². The molecule has 2 rings (SSSR count). The molecule has 1 atom stereocenters. The molecule has 0 aliphatic carbocycles. The van der Waals surface area contributed by atoms with Crippen LogP contribution in [0.1, 0.15) is 26.3 Å². The first-order valence-electron chi connectivity index (χ1n) is 8.86. The van der Waals surface area contributed by atoms with E-state index in [4.69, 9.17) is 0 Å². The molecule has 2 amide bonds. The van der Waals surface area contributed by atoms with Crippen LogP contribution in [0.25, 0.3) is 0 Å². The topological polar surface area (TPSA) is 108 Å². The third-order valence-electron chi connectivity index (χ3n) is 4.03. The van der Waals surface area contributed by atoms with Gasteiger partial charge in [-0.25, -0.2) is 13.8 Å². The Balaban J connectivity index is 2.19. The molecule has 0 fully saturated rings. The summed E-state index contributed by atoms with van der Waals surface area (Å²) in [5.41, 5.74) is 4.62. The first-order valence-corrected chi connectivity index (χ1v) is 10.7. The predicted octanol–water partition coefficient (Wildman–Crippen LogP) is 2.34. The standard InChI is InChI=1S/C20H24N4O4S/c1-14(17-9-8-10-18(13-17)21-16(3)25)22-23-20(26)15(2)24(29(4,27)28)19-11-6-5-7-12-19/h5-13,15H,1-4H3,(H,21,25)(H,23,26)/b22-14-/t15-/m1/s1. The van der Waals surface area contributed by atoms with Gasteiger partial charge in [-0.05, 0) is 43.7 Å². The molecule has 0 bridgehead atoms. The number of carbonyl (C=O) groups is 2. The van der Waals surface area contributed by atoms with E-state index in [0.717, 1.165) is 10.6 Å². The molecule has 29 heavy (non-hydrogen) atoms. The summed E-state index contributed by atoms with van der Waals surface area (Å²) in [7, 11) is -3.69. The van der Waals surface area contributed by atoms with E-state index in [0.29, 0.717) is 22.6 Å². The van der Waals surface area contributed by atoms with Gasteiger partial charge in [-0.2, -0.15) is 5.10 Å². The van der Waals surface area contributed by atoms with Crippen molar-refractivity contribution >= 4 is 38.9 Å². The lowest BCUT2D eigenvalue weighted by atomic mass is 10.1. The summed E-state index contributed by atoms with van der Waals surface area (Å²) in [6.45, 7) is 4.60. The predicted molar refractivity (Wildman–Crippen MR) is 114 cm³/mol. The highest BCUT2D eigenvalue weighted by Crippen LogP contribution is 2.20. The number of benzene rings is 2. The van der Waals surface area contributed by atoms with E-state index in [1.54, 1.807) is 61.5 Å². The van der Waals surface area contributed by atoms with Crippen LogP contribution >= 0.6 is 0 Å². The number of nitrogens with zero attached hydrogens (tertiary/aromatic N) is 2. The summed E-state index contributed by atoms with van der Waals surface area (Å²) < 4.78 is 25.5. The molecule has 0 radical (unpaired) electrons. The van der Waals surface area contributed by atoms with Gasteiger partial charge in [0.2, 0.25) is 15.9 Å². The average molecular weight is 417 g/mol. The fourth-order valence-electron chi connectivity index (χ4n) is 2.71. The number of sulfonamides is 1. The average Bonchev–Trinajstić information content (AvgIpc) is 2.65. The summed E-state index contributed by atoms with van der Waals surface area (Å²) in [5, 5.41) is 6.75. The number of nitrogens with one attached hydrogen (secondary N) is 2. The van der Waals surface area contributed by atoms with E-state index in [-0.39, 0.29) is 5.91 Å². The van der Waals surface area contributed by atoms with Crippen LogP contribution in [0.15, 0.2) is 59.7 Å². The highest BCUT2D eigenvalue weighted by Gasteiger charge is 2.28. The molecule has 0 spiro atoms. The summed E-state index contributed by atoms with van der Waals surface area (Å²) in [4.78, 5) is 23.8. The highest BCUT2D eigenvalue weighted by molar-refractivity contribution is 7.92. The Morgan fingerprint density at radius 1 is 1.03 bits per heavy atom. The number of hydrogen-bond donors (Lipinski definition) is 2. The van der Waals surface area contributed by atoms with Crippen molar-refractivity contribution in [3.8, 4) is 0 Å². The molecular formula is C20H24N4O4S. The Morgan fingerprint density at radius 3 is 2.28 bits per heavy atom. The van der Waals surface area contributed by atoms with Crippen molar-refractivity contribution in [2.45, 2.75) is 26.8 Å². The molecule has 2 aromatic rings. The number of rotatable bonds is 7. The van der Waals surface area contributed by atoms with Crippen LogP contribution in [-0.4, -0.2) is 38.2 Å². The van der Waals surface area contributed by atoms with E-state index in [1.165, 1.54) is 13.8 Å². The first-order chi connectivity index (χ1) is 13.6. The van der Waals surface area contributed by atoms with Gasteiger partial charge in [0.25, 0.3) is 5.91 Å².